The number of hydrogen-bond acceptors (Lipinski definition) is 4. The van der Waals surface area contributed by atoms with E-state index in [1.807, 2.05) is 0 Å². The van der Waals surface area contributed by atoms with E-state index in [9.17, 15) is 5.11 Å². The Morgan fingerprint density at radius 1 is 1.62 bits per heavy atom. The average molecular weight is 180 g/mol. The molecule has 1 fully saturated rings. The van der Waals surface area contributed by atoms with E-state index in [4.69, 9.17) is 10.5 Å². The second-order valence-electron chi connectivity index (χ2n) is 3.30. The lowest BCUT2D eigenvalue weighted by molar-refractivity contribution is 0.0236. The topological polar surface area (TPSA) is 68.4 Å². The van der Waals surface area contributed by atoms with Gasteiger partial charge in [0.25, 0.3) is 0 Å². The highest BCUT2D eigenvalue weighted by Crippen LogP contribution is 2.32. The molecule has 3 N–H and O–H groups in total. The zero-order valence-corrected chi connectivity index (χ0v) is 7.23. The lowest BCUT2D eigenvalue weighted by atomic mass is 9.93. The van der Waals surface area contributed by atoms with Crippen LogP contribution in [0.25, 0.3) is 0 Å². The van der Waals surface area contributed by atoms with Crippen LogP contribution in [0.4, 0.5) is 5.69 Å². The zero-order valence-electron chi connectivity index (χ0n) is 7.23. The minimum Gasteiger partial charge on any atom is -0.398 e. The third kappa shape index (κ3) is 1.38. The van der Waals surface area contributed by atoms with Crippen molar-refractivity contribution in [3.63, 3.8) is 0 Å². The molecule has 0 aliphatic carbocycles. The minimum absolute atomic E-state index is 0.308. The van der Waals surface area contributed by atoms with Crippen molar-refractivity contribution in [3.8, 4) is 0 Å². The molecule has 2 rings (SSSR count). The summed E-state index contributed by atoms with van der Waals surface area (Å²) in [6.45, 7) is 0.883. The first-order valence-corrected chi connectivity index (χ1v) is 4.22. The fraction of sp³-hybridized carbons (Fsp3) is 0.444. The summed E-state index contributed by atoms with van der Waals surface area (Å²) in [5.74, 6) is 0. The van der Waals surface area contributed by atoms with Crippen molar-refractivity contribution in [1.29, 1.82) is 0 Å². The van der Waals surface area contributed by atoms with Gasteiger partial charge >= 0.3 is 0 Å². The summed E-state index contributed by atoms with van der Waals surface area (Å²) in [7, 11) is 0. The maximum atomic E-state index is 10.1. The first-order chi connectivity index (χ1) is 6.22. The number of aromatic nitrogens is 1. The summed E-state index contributed by atoms with van der Waals surface area (Å²) < 4.78 is 5.14. The fourth-order valence-corrected chi connectivity index (χ4v) is 1.56. The quantitative estimate of drug-likeness (QED) is 0.651. The van der Waals surface area contributed by atoms with Gasteiger partial charge in [0.2, 0.25) is 0 Å². The molecule has 4 heteroatoms. The molecule has 1 aliphatic heterocycles. The number of nitrogens with two attached hydrogens (primary N) is 1. The number of rotatable bonds is 1. The smallest absolute Gasteiger partial charge is 0.118 e. The second-order valence-corrected chi connectivity index (χ2v) is 3.30. The predicted octanol–water partition coefficient (Wildman–Crippen LogP) is 0.272. The standard InChI is InChI=1S/C9H12N2O2/c10-8-1-3-11-5-7(8)9(12)2-4-13-6-9/h1,3,5,12H,2,4,6H2,(H2,10,11). The molecule has 1 saturated heterocycles. The average Bonchev–Trinajstić information content (AvgIpc) is 2.54. The molecule has 2 heterocycles. The number of aliphatic hydroxyl groups is 1. The van der Waals surface area contributed by atoms with Crippen molar-refractivity contribution < 1.29 is 9.84 Å². The maximum absolute atomic E-state index is 10.1. The highest BCUT2D eigenvalue weighted by Gasteiger charge is 2.35. The third-order valence-electron chi connectivity index (χ3n) is 2.36. The fourth-order valence-electron chi connectivity index (χ4n) is 1.56. The molecule has 0 bridgehead atoms. The van der Waals surface area contributed by atoms with Crippen LogP contribution in [-0.4, -0.2) is 23.3 Å². The molecule has 1 aromatic rings. The molecule has 1 unspecified atom stereocenters. The van der Waals surface area contributed by atoms with E-state index < -0.39 is 5.60 Å². The van der Waals surface area contributed by atoms with Gasteiger partial charge in [-0.25, -0.2) is 0 Å². The number of ether oxygens (including phenoxy) is 1. The summed E-state index contributed by atoms with van der Waals surface area (Å²) in [6.07, 6.45) is 3.80. The molecular formula is C9H12N2O2. The Morgan fingerprint density at radius 3 is 3.08 bits per heavy atom. The molecule has 4 nitrogen and oxygen atoms in total. The molecule has 1 atom stereocenters. The Morgan fingerprint density at radius 2 is 2.46 bits per heavy atom. The number of nitrogen functional groups attached to an aromatic ring is 1. The highest BCUT2D eigenvalue weighted by atomic mass is 16.5. The van der Waals surface area contributed by atoms with Gasteiger partial charge in [0, 0.05) is 36.7 Å². The van der Waals surface area contributed by atoms with Crippen LogP contribution in [0.5, 0.6) is 0 Å². The van der Waals surface area contributed by atoms with Crippen LogP contribution < -0.4 is 5.73 Å². The van der Waals surface area contributed by atoms with Crippen molar-refractivity contribution >= 4 is 5.69 Å². The Kier molecular flexibility index (Phi) is 1.94. The molecule has 70 valence electrons. The van der Waals surface area contributed by atoms with Crippen molar-refractivity contribution in [2.75, 3.05) is 18.9 Å². The van der Waals surface area contributed by atoms with Crippen LogP contribution in [-0.2, 0) is 10.3 Å². The Bertz CT molecular complexity index is 308. The van der Waals surface area contributed by atoms with E-state index in [0.29, 0.717) is 30.9 Å². The van der Waals surface area contributed by atoms with Gasteiger partial charge in [-0.3, -0.25) is 4.98 Å². The van der Waals surface area contributed by atoms with E-state index in [-0.39, 0.29) is 0 Å². The van der Waals surface area contributed by atoms with Gasteiger partial charge in [-0.15, -0.1) is 0 Å². The Labute approximate surface area is 76.4 Å². The Hall–Kier alpha value is -1.13. The van der Waals surface area contributed by atoms with Crippen molar-refractivity contribution in [2.45, 2.75) is 12.0 Å². The molecule has 0 saturated carbocycles. The van der Waals surface area contributed by atoms with E-state index in [1.54, 1.807) is 18.5 Å². The van der Waals surface area contributed by atoms with Crippen LogP contribution in [0.15, 0.2) is 18.5 Å². The number of anilines is 1. The van der Waals surface area contributed by atoms with E-state index >= 15 is 0 Å². The summed E-state index contributed by atoms with van der Waals surface area (Å²) in [5.41, 5.74) is 6.04. The lowest BCUT2D eigenvalue weighted by Crippen LogP contribution is -2.27. The third-order valence-corrected chi connectivity index (χ3v) is 2.36. The monoisotopic (exact) mass is 180 g/mol. The van der Waals surface area contributed by atoms with E-state index in [2.05, 4.69) is 4.98 Å². The van der Waals surface area contributed by atoms with Gasteiger partial charge in [0.1, 0.15) is 5.60 Å². The number of nitrogens with zero attached hydrogens (tertiary/aromatic N) is 1. The van der Waals surface area contributed by atoms with Crippen LogP contribution in [0.1, 0.15) is 12.0 Å². The largest absolute Gasteiger partial charge is 0.398 e. The SMILES string of the molecule is Nc1ccncc1C1(O)CCOC1. The first kappa shape index (κ1) is 8.47. The van der Waals surface area contributed by atoms with Gasteiger partial charge in [-0.1, -0.05) is 0 Å². The highest BCUT2D eigenvalue weighted by molar-refractivity contribution is 5.48. The normalized spacial score (nSPS) is 27.8. The molecular weight excluding hydrogens is 168 g/mol. The molecule has 0 aromatic carbocycles. The molecule has 13 heavy (non-hydrogen) atoms. The number of pyridine rings is 1. The van der Waals surface area contributed by atoms with Crippen LogP contribution in [0.3, 0.4) is 0 Å². The summed E-state index contributed by atoms with van der Waals surface area (Å²) in [6, 6.07) is 1.69. The zero-order chi connectivity index (χ0) is 9.31. The second kappa shape index (κ2) is 2.97. The Balaban J connectivity index is 2.39. The van der Waals surface area contributed by atoms with Crippen LogP contribution >= 0.6 is 0 Å². The molecule has 1 aliphatic rings. The van der Waals surface area contributed by atoms with Crippen LogP contribution in [0.2, 0.25) is 0 Å². The van der Waals surface area contributed by atoms with Gasteiger partial charge in [-0.05, 0) is 6.07 Å². The van der Waals surface area contributed by atoms with Gasteiger partial charge in [0.05, 0.1) is 6.61 Å². The lowest BCUT2D eigenvalue weighted by Gasteiger charge is -2.21. The van der Waals surface area contributed by atoms with Gasteiger partial charge < -0.3 is 15.6 Å². The van der Waals surface area contributed by atoms with Gasteiger partial charge in [0.15, 0.2) is 0 Å². The van der Waals surface area contributed by atoms with Gasteiger partial charge in [-0.2, -0.15) is 0 Å². The summed E-state index contributed by atoms with van der Waals surface area (Å²) >= 11 is 0. The van der Waals surface area contributed by atoms with E-state index in [0.717, 1.165) is 0 Å². The van der Waals surface area contributed by atoms with Crippen molar-refractivity contribution in [1.82, 2.24) is 4.98 Å². The number of hydrogen-bond donors (Lipinski definition) is 2. The predicted molar refractivity (Wildman–Crippen MR) is 48.0 cm³/mol. The molecule has 1 aromatic heterocycles. The molecule has 0 radical (unpaired) electrons. The summed E-state index contributed by atoms with van der Waals surface area (Å²) in [5, 5.41) is 10.1. The minimum atomic E-state index is -0.932. The van der Waals surface area contributed by atoms with E-state index in [1.165, 1.54) is 0 Å². The summed E-state index contributed by atoms with van der Waals surface area (Å²) in [4.78, 5) is 3.94. The van der Waals surface area contributed by atoms with Crippen molar-refractivity contribution in [3.05, 3.63) is 24.0 Å². The maximum Gasteiger partial charge on any atom is 0.118 e. The molecule has 0 amide bonds. The first-order valence-electron chi connectivity index (χ1n) is 4.22. The van der Waals surface area contributed by atoms with Crippen LogP contribution in [0, 0.1) is 0 Å². The molecule has 0 spiro atoms. The van der Waals surface area contributed by atoms with Crippen molar-refractivity contribution in [2.24, 2.45) is 0 Å².